The summed E-state index contributed by atoms with van der Waals surface area (Å²) >= 11 is 0. The number of fused-ring (bicyclic) bond motifs is 2. The third-order valence-electron chi connectivity index (χ3n) is 4.13. The summed E-state index contributed by atoms with van der Waals surface area (Å²) in [6, 6.07) is 13.2. The molecule has 0 aliphatic heterocycles. The van der Waals surface area contributed by atoms with Crippen LogP contribution in [0.15, 0.2) is 36.4 Å². The van der Waals surface area contributed by atoms with Gasteiger partial charge in [0, 0.05) is 5.92 Å². The molecular weight excluding hydrogens is 232 g/mol. The van der Waals surface area contributed by atoms with Crippen LogP contribution in [0.1, 0.15) is 46.2 Å². The van der Waals surface area contributed by atoms with E-state index in [4.69, 9.17) is 0 Å². The Morgan fingerprint density at radius 1 is 0.947 bits per heavy atom. The van der Waals surface area contributed by atoms with Crippen LogP contribution in [0, 0.1) is 13.8 Å². The molecule has 1 N–H and O–H groups in total. The van der Waals surface area contributed by atoms with Gasteiger partial charge in [-0.25, -0.2) is 0 Å². The van der Waals surface area contributed by atoms with Crippen molar-refractivity contribution >= 4 is 0 Å². The second-order valence-electron chi connectivity index (χ2n) is 5.80. The molecule has 1 heteroatoms. The van der Waals surface area contributed by atoms with E-state index in [0.29, 0.717) is 0 Å². The molecule has 0 saturated heterocycles. The van der Waals surface area contributed by atoms with Crippen LogP contribution in [0.5, 0.6) is 0 Å². The van der Waals surface area contributed by atoms with E-state index in [9.17, 15) is 5.11 Å². The van der Waals surface area contributed by atoms with Gasteiger partial charge >= 0.3 is 0 Å². The topological polar surface area (TPSA) is 20.2 Å². The fourth-order valence-corrected chi connectivity index (χ4v) is 3.27. The van der Waals surface area contributed by atoms with Crippen LogP contribution >= 0.6 is 0 Å². The van der Waals surface area contributed by atoms with Crippen molar-refractivity contribution in [2.45, 2.75) is 39.2 Å². The van der Waals surface area contributed by atoms with Crippen molar-refractivity contribution < 1.29 is 5.11 Å². The molecule has 0 saturated carbocycles. The highest BCUT2D eigenvalue weighted by Gasteiger charge is 2.28. The lowest BCUT2D eigenvalue weighted by Gasteiger charge is -2.31. The lowest BCUT2D eigenvalue weighted by molar-refractivity contribution is 0.175. The first-order chi connectivity index (χ1) is 9.06. The Labute approximate surface area is 114 Å². The Morgan fingerprint density at radius 3 is 1.84 bits per heavy atom. The number of hydrogen-bond donors (Lipinski definition) is 1. The van der Waals surface area contributed by atoms with Crippen LogP contribution in [0.3, 0.4) is 0 Å². The van der Waals surface area contributed by atoms with Crippen molar-refractivity contribution in [2.24, 2.45) is 0 Å². The van der Waals surface area contributed by atoms with Crippen LogP contribution in [-0.4, -0.2) is 11.2 Å². The van der Waals surface area contributed by atoms with Crippen molar-refractivity contribution in [1.29, 1.82) is 0 Å². The van der Waals surface area contributed by atoms with Crippen LogP contribution in [0.25, 0.3) is 0 Å². The molecule has 2 aromatic carbocycles. The van der Waals surface area contributed by atoms with E-state index in [0.717, 1.165) is 6.42 Å². The second kappa shape index (κ2) is 4.50. The predicted octanol–water partition coefficient (Wildman–Crippen LogP) is 3.72. The molecular formula is C18H20O. The van der Waals surface area contributed by atoms with E-state index in [1.807, 2.05) is 6.92 Å². The molecule has 1 atom stereocenters. The van der Waals surface area contributed by atoms with E-state index in [2.05, 4.69) is 50.2 Å². The van der Waals surface area contributed by atoms with Gasteiger partial charge in [-0.2, -0.15) is 0 Å². The quantitative estimate of drug-likeness (QED) is 0.820. The van der Waals surface area contributed by atoms with E-state index < -0.39 is 0 Å². The number of rotatable bonds is 1. The van der Waals surface area contributed by atoms with Crippen LogP contribution in [-0.2, 0) is 6.42 Å². The molecule has 0 radical (unpaired) electrons. The Bertz CT molecular complexity index is 574. The van der Waals surface area contributed by atoms with Crippen molar-refractivity contribution in [3.63, 3.8) is 0 Å². The maximum Gasteiger partial charge on any atom is 0.0621 e. The maximum absolute atomic E-state index is 10.2. The minimum atomic E-state index is -0.358. The van der Waals surface area contributed by atoms with E-state index in [1.165, 1.54) is 33.4 Å². The summed E-state index contributed by atoms with van der Waals surface area (Å²) in [5, 5.41) is 10.2. The van der Waals surface area contributed by atoms with Crippen LogP contribution < -0.4 is 0 Å². The number of benzene rings is 2. The van der Waals surface area contributed by atoms with Gasteiger partial charge in [0.05, 0.1) is 6.10 Å². The SMILES string of the molecule is Cc1ccc2c(c1)Cc1cc(C)ccc1C2C(C)O. The van der Waals surface area contributed by atoms with Gasteiger partial charge in [-0.05, 0) is 49.4 Å². The summed E-state index contributed by atoms with van der Waals surface area (Å²) in [4.78, 5) is 0. The highest BCUT2D eigenvalue weighted by Crippen LogP contribution is 2.39. The van der Waals surface area contributed by atoms with Gasteiger partial charge in [0.2, 0.25) is 0 Å². The first-order valence-electron chi connectivity index (χ1n) is 6.93. The van der Waals surface area contributed by atoms with Gasteiger partial charge < -0.3 is 5.11 Å². The zero-order chi connectivity index (χ0) is 13.6. The summed E-state index contributed by atoms with van der Waals surface area (Å²) in [5.41, 5.74) is 7.89. The molecule has 98 valence electrons. The fourth-order valence-electron chi connectivity index (χ4n) is 3.27. The lowest BCUT2D eigenvalue weighted by Crippen LogP contribution is -2.23. The van der Waals surface area contributed by atoms with Crippen molar-refractivity contribution in [2.75, 3.05) is 0 Å². The Morgan fingerprint density at radius 2 is 1.42 bits per heavy atom. The molecule has 0 amide bonds. The van der Waals surface area contributed by atoms with Crippen molar-refractivity contribution in [3.8, 4) is 0 Å². The van der Waals surface area contributed by atoms with Crippen molar-refractivity contribution in [3.05, 3.63) is 69.8 Å². The third kappa shape index (κ3) is 2.08. The number of aryl methyl sites for hydroxylation is 2. The molecule has 3 rings (SSSR count). The van der Waals surface area contributed by atoms with Crippen molar-refractivity contribution in [1.82, 2.24) is 0 Å². The van der Waals surface area contributed by atoms with Gasteiger partial charge in [-0.1, -0.05) is 47.5 Å². The highest BCUT2D eigenvalue weighted by molar-refractivity contribution is 5.51. The summed E-state index contributed by atoms with van der Waals surface area (Å²) in [5.74, 6) is 0.111. The monoisotopic (exact) mass is 252 g/mol. The standard InChI is InChI=1S/C18H20O/c1-11-4-6-16-14(8-11)10-15-9-12(2)5-7-17(15)18(16)13(3)19/h4-9,13,18-19H,10H2,1-3H3. The first-order valence-corrected chi connectivity index (χ1v) is 6.93. The fraction of sp³-hybridized carbons (Fsp3) is 0.333. The second-order valence-corrected chi connectivity index (χ2v) is 5.80. The van der Waals surface area contributed by atoms with E-state index in [1.54, 1.807) is 0 Å². The van der Waals surface area contributed by atoms with Gasteiger partial charge in [-0.3, -0.25) is 0 Å². The number of aliphatic hydroxyl groups is 1. The molecule has 1 aliphatic carbocycles. The maximum atomic E-state index is 10.2. The predicted molar refractivity (Wildman–Crippen MR) is 78.7 cm³/mol. The van der Waals surface area contributed by atoms with Crippen LogP contribution in [0.2, 0.25) is 0 Å². The summed E-state index contributed by atoms with van der Waals surface area (Å²) in [6.07, 6.45) is 0.625. The highest BCUT2D eigenvalue weighted by atomic mass is 16.3. The van der Waals surface area contributed by atoms with Gasteiger partial charge in [0.25, 0.3) is 0 Å². The average molecular weight is 252 g/mol. The summed E-state index contributed by atoms with van der Waals surface area (Å²) in [6.45, 7) is 6.15. The molecule has 2 aromatic rings. The lowest BCUT2D eigenvalue weighted by atomic mass is 9.75. The minimum Gasteiger partial charge on any atom is -0.392 e. The smallest absolute Gasteiger partial charge is 0.0621 e. The molecule has 19 heavy (non-hydrogen) atoms. The zero-order valence-corrected chi connectivity index (χ0v) is 11.8. The molecule has 1 aliphatic rings. The van der Waals surface area contributed by atoms with Gasteiger partial charge in [-0.15, -0.1) is 0 Å². The largest absolute Gasteiger partial charge is 0.392 e. The Balaban J connectivity index is 2.20. The molecule has 0 bridgehead atoms. The summed E-state index contributed by atoms with van der Waals surface area (Å²) < 4.78 is 0. The van der Waals surface area contributed by atoms with E-state index in [-0.39, 0.29) is 12.0 Å². The van der Waals surface area contributed by atoms with Crippen LogP contribution in [0.4, 0.5) is 0 Å². The molecule has 0 spiro atoms. The van der Waals surface area contributed by atoms with E-state index >= 15 is 0 Å². The molecule has 0 fully saturated rings. The van der Waals surface area contributed by atoms with Gasteiger partial charge in [0.15, 0.2) is 0 Å². The number of hydrogen-bond acceptors (Lipinski definition) is 1. The average Bonchev–Trinajstić information content (AvgIpc) is 2.35. The molecule has 0 aromatic heterocycles. The number of aliphatic hydroxyl groups excluding tert-OH is 1. The van der Waals surface area contributed by atoms with Gasteiger partial charge in [0.1, 0.15) is 0 Å². The summed E-state index contributed by atoms with van der Waals surface area (Å²) in [7, 11) is 0. The Hall–Kier alpha value is -1.60. The normalized spacial score (nSPS) is 15.8. The molecule has 0 heterocycles. The zero-order valence-electron chi connectivity index (χ0n) is 11.8. The third-order valence-corrected chi connectivity index (χ3v) is 4.13. The first kappa shape index (κ1) is 12.4. The minimum absolute atomic E-state index is 0.111. The Kier molecular flexibility index (Phi) is 2.94. The molecule has 1 nitrogen and oxygen atoms in total. The molecule has 1 unspecified atom stereocenters.